The Hall–Kier alpha value is -4.56. The van der Waals surface area contributed by atoms with Crippen molar-refractivity contribution in [3.8, 4) is 11.3 Å². The maximum atomic E-state index is 12.9. The fraction of sp³-hybridized carbons (Fsp3) is 0.172. The summed E-state index contributed by atoms with van der Waals surface area (Å²) in [7, 11) is 0. The SMILES string of the molecule is Cc1cc2ccccc2cc1C(=O)NCc1ccc(-c2nn(C3C=CC(O)C3)c3ncnc(N)c23)cc1. The van der Waals surface area contributed by atoms with Crippen molar-refractivity contribution in [2.45, 2.75) is 32.0 Å². The average molecular weight is 491 g/mol. The Bertz CT molecular complexity index is 1670. The first kappa shape index (κ1) is 22.9. The number of allylic oxidation sites excluding steroid dienone is 1. The number of nitrogen functional groups attached to an aromatic ring is 1. The number of aromatic nitrogens is 4. The second-order valence-corrected chi connectivity index (χ2v) is 9.40. The van der Waals surface area contributed by atoms with Crippen LogP contribution < -0.4 is 11.1 Å². The third-order valence-electron chi connectivity index (χ3n) is 6.89. The molecule has 6 rings (SSSR count). The van der Waals surface area contributed by atoms with Gasteiger partial charge in [0, 0.05) is 24.1 Å². The van der Waals surface area contributed by atoms with Crippen molar-refractivity contribution < 1.29 is 9.90 Å². The number of aliphatic hydroxyl groups excluding tert-OH is 1. The molecule has 4 N–H and O–H groups in total. The van der Waals surface area contributed by atoms with E-state index in [9.17, 15) is 9.90 Å². The molecule has 0 spiro atoms. The molecule has 2 aromatic heterocycles. The van der Waals surface area contributed by atoms with Crippen LogP contribution in [-0.4, -0.2) is 36.9 Å². The Morgan fingerprint density at radius 1 is 1.08 bits per heavy atom. The zero-order chi connectivity index (χ0) is 25.5. The number of rotatable bonds is 5. The molecule has 2 heterocycles. The Morgan fingerprint density at radius 3 is 2.57 bits per heavy atom. The minimum Gasteiger partial charge on any atom is -0.389 e. The highest BCUT2D eigenvalue weighted by atomic mass is 16.3. The van der Waals surface area contributed by atoms with E-state index in [2.05, 4.69) is 15.3 Å². The van der Waals surface area contributed by atoms with E-state index in [-0.39, 0.29) is 11.9 Å². The van der Waals surface area contributed by atoms with Crippen LogP contribution in [0.5, 0.6) is 0 Å². The quantitative estimate of drug-likeness (QED) is 0.316. The van der Waals surface area contributed by atoms with Gasteiger partial charge in [-0.25, -0.2) is 14.6 Å². The second-order valence-electron chi connectivity index (χ2n) is 9.40. The van der Waals surface area contributed by atoms with Crippen LogP contribution in [0.3, 0.4) is 0 Å². The Labute approximate surface area is 213 Å². The summed E-state index contributed by atoms with van der Waals surface area (Å²) in [5.74, 6) is 0.254. The van der Waals surface area contributed by atoms with Gasteiger partial charge in [0.1, 0.15) is 17.8 Å². The van der Waals surface area contributed by atoms with E-state index in [1.54, 1.807) is 10.8 Å². The van der Waals surface area contributed by atoms with E-state index in [4.69, 9.17) is 10.8 Å². The van der Waals surface area contributed by atoms with E-state index in [1.165, 1.54) is 6.33 Å². The molecule has 0 fully saturated rings. The first-order valence-electron chi connectivity index (χ1n) is 12.2. The standard InChI is InChI=1S/C29H26N6O2/c1-17-12-20-4-2-3-5-21(20)13-24(17)29(37)31-15-18-6-8-19(9-7-18)26-25-27(30)32-16-33-28(25)35(34-26)22-10-11-23(36)14-22/h2-13,16,22-23,36H,14-15H2,1H3,(H,31,37)(H2,30,32,33). The van der Waals surface area contributed by atoms with Gasteiger partial charge < -0.3 is 16.2 Å². The number of benzene rings is 3. The summed E-state index contributed by atoms with van der Waals surface area (Å²) in [4.78, 5) is 21.5. The predicted octanol–water partition coefficient (Wildman–Crippen LogP) is 4.33. The number of nitrogens with one attached hydrogen (secondary N) is 1. The van der Waals surface area contributed by atoms with Gasteiger partial charge in [0.2, 0.25) is 0 Å². The monoisotopic (exact) mass is 490 g/mol. The summed E-state index contributed by atoms with van der Waals surface area (Å²) in [6, 6.07) is 19.8. The van der Waals surface area contributed by atoms with E-state index in [0.717, 1.165) is 27.5 Å². The molecular formula is C29H26N6O2. The van der Waals surface area contributed by atoms with Crippen molar-refractivity contribution >= 4 is 33.5 Å². The van der Waals surface area contributed by atoms with Gasteiger partial charge in [0.15, 0.2) is 5.65 Å². The van der Waals surface area contributed by atoms with Crippen LogP contribution in [0.1, 0.15) is 33.9 Å². The number of carbonyl (C=O) groups is 1. The number of carbonyl (C=O) groups excluding carboxylic acids is 1. The lowest BCUT2D eigenvalue weighted by Gasteiger charge is -2.10. The number of hydrogen-bond acceptors (Lipinski definition) is 6. The molecule has 2 atom stereocenters. The van der Waals surface area contributed by atoms with Crippen molar-refractivity contribution in [2.75, 3.05) is 5.73 Å². The number of aliphatic hydroxyl groups is 1. The number of nitrogens with two attached hydrogens (primary N) is 1. The molecule has 1 aliphatic carbocycles. The molecule has 8 nitrogen and oxygen atoms in total. The van der Waals surface area contributed by atoms with Crippen LogP contribution in [0.25, 0.3) is 33.1 Å². The highest BCUT2D eigenvalue weighted by Crippen LogP contribution is 2.34. The molecule has 2 unspecified atom stereocenters. The molecule has 37 heavy (non-hydrogen) atoms. The maximum Gasteiger partial charge on any atom is 0.251 e. The summed E-state index contributed by atoms with van der Waals surface area (Å²) in [6.07, 6.45) is 5.17. The lowest BCUT2D eigenvalue weighted by Crippen LogP contribution is -2.23. The van der Waals surface area contributed by atoms with Gasteiger partial charge in [-0.05, 0) is 34.9 Å². The van der Waals surface area contributed by atoms with E-state index >= 15 is 0 Å². The summed E-state index contributed by atoms with van der Waals surface area (Å²) in [6.45, 7) is 2.35. The molecule has 0 aliphatic heterocycles. The number of amides is 1. The van der Waals surface area contributed by atoms with Gasteiger partial charge in [0.05, 0.1) is 17.5 Å². The topological polar surface area (TPSA) is 119 Å². The second kappa shape index (κ2) is 9.15. The number of anilines is 1. The Morgan fingerprint density at radius 2 is 1.84 bits per heavy atom. The Balaban J connectivity index is 1.24. The maximum absolute atomic E-state index is 12.9. The first-order valence-corrected chi connectivity index (χ1v) is 12.2. The van der Waals surface area contributed by atoms with Crippen LogP contribution in [0.4, 0.5) is 5.82 Å². The fourth-order valence-corrected chi connectivity index (χ4v) is 4.93. The van der Waals surface area contributed by atoms with Gasteiger partial charge in [0.25, 0.3) is 5.91 Å². The number of nitrogens with zero attached hydrogens (tertiary/aromatic N) is 4. The number of aryl methyl sites for hydroxylation is 1. The van der Waals surface area contributed by atoms with E-state index < -0.39 is 6.10 Å². The number of hydrogen-bond donors (Lipinski definition) is 3. The van der Waals surface area contributed by atoms with Gasteiger partial charge >= 0.3 is 0 Å². The van der Waals surface area contributed by atoms with Crippen molar-refractivity contribution in [2.24, 2.45) is 0 Å². The molecule has 1 amide bonds. The molecule has 0 saturated carbocycles. The molecule has 0 saturated heterocycles. The van der Waals surface area contributed by atoms with Crippen LogP contribution in [-0.2, 0) is 6.54 Å². The normalized spacial score (nSPS) is 17.0. The Kier molecular flexibility index (Phi) is 5.65. The average Bonchev–Trinajstić information content (AvgIpc) is 3.51. The van der Waals surface area contributed by atoms with E-state index in [1.807, 2.05) is 73.7 Å². The third kappa shape index (κ3) is 4.21. The third-order valence-corrected chi connectivity index (χ3v) is 6.89. The molecular weight excluding hydrogens is 464 g/mol. The highest BCUT2D eigenvalue weighted by molar-refractivity contribution is 6.00. The molecule has 0 radical (unpaired) electrons. The lowest BCUT2D eigenvalue weighted by atomic mass is 10.0. The van der Waals surface area contributed by atoms with Gasteiger partial charge in [-0.2, -0.15) is 5.10 Å². The van der Waals surface area contributed by atoms with Crippen molar-refractivity contribution in [3.05, 3.63) is 95.8 Å². The van der Waals surface area contributed by atoms with Crippen molar-refractivity contribution in [3.63, 3.8) is 0 Å². The zero-order valence-electron chi connectivity index (χ0n) is 20.3. The van der Waals surface area contributed by atoms with Gasteiger partial charge in [-0.3, -0.25) is 4.79 Å². The molecule has 5 aromatic rings. The minimum absolute atomic E-state index is 0.103. The molecule has 8 heteroatoms. The van der Waals surface area contributed by atoms with Crippen LogP contribution in [0, 0.1) is 6.92 Å². The van der Waals surface area contributed by atoms with Crippen molar-refractivity contribution in [1.82, 2.24) is 25.1 Å². The summed E-state index contributed by atoms with van der Waals surface area (Å²) < 4.78 is 1.80. The zero-order valence-corrected chi connectivity index (χ0v) is 20.3. The smallest absolute Gasteiger partial charge is 0.251 e. The lowest BCUT2D eigenvalue weighted by molar-refractivity contribution is 0.0950. The van der Waals surface area contributed by atoms with Crippen molar-refractivity contribution in [1.29, 1.82) is 0 Å². The summed E-state index contributed by atoms with van der Waals surface area (Å²) in [5.41, 5.74) is 11.0. The molecule has 1 aliphatic rings. The highest BCUT2D eigenvalue weighted by Gasteiger charge is 2.25. The molecule has 3 aromatic carbocycles. The van der Waals surface area contributed by atoms with Gasteiger partial charge in [-0.1, -0.05) is 66.7 Å². The largest absolute Gasteiger partial charge is 0.389 e. The first-order chi connectivity index (χ1) is 18.0. The summed E-state index contributed by atoms with van der Waals surface area (Å²) >= 11 is 0. The minimum atomic E-state index is -0.500. The van der Waals surface area contributed by atoms with Crippen LogP contribution >= 0.6 is 0 Å². The van der Waals surface area contributed by atoms with E-state index in [0.29, 0.717) is 41.1 Å². The fourth-order valence-electron chi connectivity index (χ4n) is 4.93. The molecule has 184 valence electrons. The number of fused-ring (bicyclic) bond motifs is 2. The molecule has 0 bridgehead atoms. The van der Waals surface area contributed by atoms with Crippen LogP contribution in [0.2, 0.25) is 0 Å². The van der Waals surface area contributed by atoms with Crippen LogP contribution in [0.15, 0.2) is 79.1 Å². The summed E-state index contributed by atoms with van der Waals surface area (Å²) in [5, 5.41) is 20.6. The van der Waals surface area contributed by atoms with Gasteiger partial charge in [-0.15, -0.1) is 0 Å². The predicted molar refractivity (Wildman–Crippen MR) is 144 cm³/mol.